The maximum Gasteiger partial charge on any atom is 0.261 e. The van der Waals surface area contributed by atoms with Crippen molar-refractivity contribution >= 4 is 31.6 Å². The van der Waals surface area contributed by atoms with Gasteiger partial charge in [0, 0.05) is 19.1 Å². The van der Waals surface area contributed by atoms with Crippen LogP contribution in [-0.4, -0.2) is 46.2 Å². The van der Waals surface area contributed by atoms with Gasteiger partial charge in [0.05, 0.1) is 21.0 Å². The molecule has 0 atom stereocenters. The van der Waals surface area contributed by atoms with Gasteiger partial charge in [-0.25, -0.2) is 16.8 Å². The van der Waals surface area contributed by atoms with Gasteiger partial charge in [0.15, 0.2) is 0 Å². The molecular weight excluding hydrogens is 426 g/mol. The summed E-state index contributed by atoms with van der Waals surface area (Å²) in [5.74, 6) is -0.331. The van der Waals surface area contributed by atoms with Gasteiger partial charge in [-0.05, 0) is 62.1 Å². The van der Waals surface area contributed by atoms with Crippen molar-refractivity contribution in [3.8, 4) is 0 Å². The molecule has 0 aromatic heterocycles. The van der Waals surface area contributed by atoms with Crippen LogP contribution in [0.15, 0.2) is 58.3 Å². The Bertz CT molecular complexity index is 1150. The van der Waals surface area contributed by atoms with Crippen molar-refractivity contribution in [1.82, 2.24) is 9.62 Å². The van der Waals surface area contributed by atoms with E-state index < -0.39 is 20.0 Å². The molecule has 2 N–H and O–H groups in total. The summed E-state index contributed by atoms with van der Waals surface area (Å²) in [5.41, 5.74) is 0.408. The molecule has 2 aromatic carbocycles. The van der Waals surface area contributed by atoms with Crippen molar-refractivity contribution in [2.45, 2.75) is 41.5 Å². The van der Waals surface area contributed by atoms with Gasteiger partial charge in [-0.1, -0.05) is 12.1 Å². The van der Waals surface area contributed by atoms with E-state index >= 15 is 0 Å². The highest BCUT2D eigenvalue weighted by Crippen LogP contribution is 2.25. The topological polar surface area (TPSA) is 113 Å². The molecule has 8 nitrogen and oxygen atoms in total. The zero-order chi connectivity index (χ0) is 21.4. The molecule has 0 unspecified atom stereocenters. The molecule has 0 radical (unpaired) electrons. The first kappa shape index (κ1) is 20.8. The molecule has 30 heavy (non-hydrogen) atoms. The molecule has 2 aromatic rings. The van der Waals surface area contributed by atoms with Gasteiger partial charge < -0.3 is 5.32 Å². The average Bonchev–Trinajstić information content (AvgIpc) is 3.35. The zero-order valence-electron chi connectivity index (χ0n) is 16.2. The van der Waals surface area contributed by atoms with Crippen molar-refractivity contribution < 1.29 is 21.6 Å². The first-order chi connectivity index (χ1) is 14.3. The Morgan fingerprint density at radius 1 is 0.867 bits per heavy atom. The summed E-state index contributed by atoms with van der Waals surface area (Å²) >= 11 is 0. The first-order valence-corrected chi connectivity index (χ1v) is 12.7. The van der Waals surface area contributed by atoms with Crippen LogP contribution in [0.4, 0.5) is 5.69 Å². The largest absolute Gasteiger partial charge is 0.349 e. The molecule has 2 fully saturated rings. The van der Waals surface area contributed by atoms with Gasteiger partial charge in [0.1, 0.15) is 0 Å². The number of nitrogens with one attached hydrogen (secondary N) is 2. The van der Waals surface area contributed by atoms with Crippen molar-refractivity contribution in [3.05, 3.63) is 54.1 Å². The Hall–Kier alpha value is -2.43. The number of sulfonamides is 2. The molecule has 10 heteroatoms. The highest BCUT2D eigenvalue weighted by Gasteiger charge is 2.28. The van der Waals surface area contributed by atoms with Crippen LogP contribution in [0.2, 0.25) is 0 Å². The van der Waals surface area contributed by atoms with Gasteiger partial charge in [0.25, 0.3) is 15.9 Å². The second kappa shape index (κ2) is 8.01. The molecule has 1 heterocycles. The Morgan fingerprint density at radius 3 is 2.10 bits per heavy atom. The van der Waals surface area contributed by atoms with Crippen LogP contribution in [0.5, 0.6) is 0 Å². The highest BCUT2D eigenvalue weighted by atomic mass is 32.2. The number of benzene rings is 2. The molecule has 1 aliphatic carbocycles. The molecule has 1 saturated carbocycles. The van der Waals surface area contributed by atoms with Crippen LogP contribution in [0, 0.1) is 0 Å². The number of anilines is 1. The number of hydrogen-bond donors (Lipinski definition) is 2. The molecule has 2 aliphatic rings. The van der Waals surface area contributed by atoms with Gasteiger partial charge in [0.2, 0.25) is 10.0 Å². The lowest BCUT2D eigenvalue weighted by molar-refractivity contribution is 0.0952. The third kappa shape index (κ3) is 4.35. The molecule has 1 amide bonds. The van der Waals surface area contributed by atoms with Crippen LogP contribution < -0.4 is 10.0 Å². The molecule has 0 bridgehead atoms. The van der Waals surface area contributed by atoms with Crippen LogP contribution in [0.3, 0.4) is 0 Å². The minimum absolute atomic E-state index is 0.0626. The Kier molecular flexibility index (Phi) is 5.56. The van der Waals surface area contributed by atoms with E-state index in [2.05, 4.69) is 10.0 Å². The summed E-state index contributed by atoms with van der Waals surface area (Å²) in [6, 6.07) is 11.6. The Labute approximate surface area is 176 Å². The van der Waals surface area contributed by atoms with E-state index in [0.717, 1.165) is 25.7 Å². The number of amides is 1. The third-order valence-corrected chi connectivity index (χ3v) is 8.46. The smallest absolute Gasteiger partial charge is 0.261 e. The van der Waals surface area contributed by atoms with Crippen molar-refractivity contribution in [2.24, 2.45) is 0 Å². The van der Waals surface area contributed by atoms with Crippen molar-refractivity contribution in [3.63, 3.8) is 0 Å². The SMILES string of the molecule is O=C(NC1CC1)c1ccccc1NS(=O)(=O)c1ccc(S(=O)(=O)N2CCCC2)cc1. The summed E-state index contributed by atoms with van der Waals surface area (Å²) in [4.78, 5) is 12.4. The van der Waals surface area contributed by atoms with E-state index in [1.165, 1.54) is 34.6 Å². The number of para-hydroxylation sites is 1. The van der Waals surface area contributed by atoms with E-state index in [4.69, 9.17) is 0 Å². The first-order valence-electron chi connectivity index (χ1n) is 9.80. The quantitative estimate of drug-likeness (QED) is 0.673. The molecule has 0 spiro atoms. The van der Waals surface area contributed by atoms with Crippen molar-refractivity contribution in [1.29, 1.82) is 0 Å². The number of hydrogen-bond acceptors (Lipinski definition) is 5. The molecular formula is C20H23N3O5S2. The number of nitrogens with zero attached hydrogens (tertiary/aromatic N) is 1. The zero-order valence-corrected chi connectivity index (χ0v) is 17.9. The fraction of sp³-hybridized carbons (Fsp3) is 0.350. The maximum absolute atomic E-state index is 12.8. The Morgan fingerprint density at radius 2 is 1.47 bits per heavy atom. The third-order valence-electron chi connectivity index (χ3n) is 5.17. The molecule has 1 saturated heterocycles. The molecule has 4 rings (SSSR count). The second-order valence-electron chi connectivity index (χ2n) is 7.48. The summed E-state index contributed by atoms with van der Waals surface area (Å²) in [6.45, 7) is 0.952. The van der Waals surface area contributed by atoms with Crippen LogP contribution in [0.25, 0.3) is 0 Å². The fourth-order valence-corrected chi connectivity index (χ4v) is 5.93. The minimum Gasteiger partial charge on any atom is -0.349 e. The average molecular weight is 450 g/mol. The van der Waals surface area contributed by atoms with E-state index in [1.807, 2.05) is 0 Å². The maximum atomic E-state index is 12.8. The van der Waals surface area contributed by atoms with Gasteiger partial charge in [-0.15, -0.1) is 0 Å². The second-order valence-corrected chi connectivity index (χ2v) is 11.1. The van der Waals surface area contributed by atoms with E-state index in [1.54, 1.807) is 18.2 Å². The van der Waals surface area contributed by atoms with Gasteiger partial charge in [-0.2, -0.15) is 4.31 Å². The summed E-state index contributed by atoms with van der Waals surface area (Å²) < 4.78 is 54.7. The molecule has 160 valence electrons. The number of rotatable bonds is 7. The van der Waals surface area contributed by atoms with Crippen molar-refractivity contribution in [2.75, 3.05) is 17.8 Å². The lowest BCUT2D eigenvalue weighted by Gasteiger charge is -2.16. The monoisotopic (exact) mass is 449 g/mol. The lowest BCUT2D eigenvalue weighted by Crippen LogP contribution is -2.28. The summed E-state index contributed by atoms with van der Waals surface area (Å²) in [6.07, 6.45) is 3.49. The number of carbonyl (C=O) groups is 1. The van der Waals surface area contributed by atoms with Crippen LogP contribution in [0.1, 0.15) is 36.0 Å². The standard InChI is InChI=1S/C20H23N3O5S2/c24-20(21-15-7-8-15)18-5-1-2-6-19(18)22-29(25,26)16-9-11-17(12-10-16)30(27,28)23-13-3-4-14-23/h1-2,5-6,9-12,15,22H,3-4,7-8,13-14H2,(H,21,24). The van der Waals surface area contributed by atoms with E-state index in [0.29, 0.717) is 13.1 Å². The van der Waals surface area contributed by atoms with Gasteiger partial charge >= 0.3 is 0 Å². The van der Waals surface area contributed by atoms with E-state index in [-0.39, 0.29) is 33.0 Å². The predicted molar refractivity (Wildman–Crippen MR) is 112 cm³/mol. The number of carbonyl (C=O) groups excluding carboxylic acids is 1. The molecule has 1 aliphatic heterocycles. The summed E-state index contributed by atoms with van der Waals surface area (Å²) in [5, 5.41) is 2.84. The van der Waals surface area contributed by atoms with E-state index in [9.17, 15) is 21.6 Å². The highest BCUT2D eigenvalue weighted by molar-refractivity contribution is 7.92. The van der Waals surface area contributed by atoms with Crippen LogP contribution >= 0.6 is 0 Å². The fourth-order valence-electron chi connectivity index (χ4n) is 3.33. The van der Waals surface area contributed by atoms with Gasteiger partial charge in [-0.3, -0.25) is 9.52 Å². The minimum atomic E-state index is -4.00. The lowest BCUT2D eigenvalue weighted by atomic mass is 10.1. The Balaban J connectivity index is 1.55. The summed E-state index contributed by atoms with van der Waals surface area (Å²) in [7, 11) is -7.62. The van der Waals surface area contributed by atoms with Crippen LogP contribution in [-0.2, 0) is 20.0 Å². The normalized spacial score (nSPS) is 17.6. The predicted octanol–water partition coefficient (Wildman–Crippen LogP) is 2.16.